The van der Waals surface area contributed by atoms with Gasteiger partial charge in [-0.2, -0.15) is 0 Å². The fourth-order valence-electron chi connectivity index (χ4n) is 1.32. The van der Waals surface area contributed by atoms with E-state index in [1.54, 1.807) is 12.1 Å². The molecule has 1 amide bonds. The zero-order valence-corrected chi connectivity index (χ0v) is 11.0. The van der Waals surface area contributed by atoms with Gasteiger partial charge in [0, 0.05) is 12.6 Å². The van der Waals surface area contributed by atoms with Crippen LogP contribution in [0.3, 0.4) is 0 Å². The topological polar surface area (TPSA) is 113 Å². The molecule has 0 aliphatic heterocycles. The number of carbonyl (C=O) groups is 2. The normalized spacial score (nSPS) is 10.8. The van der Waals surface area contributed by atoms with Crippen LogP contribution < -0.4 is 10.0 Å². The minimum atomic E-state index is -3.72. The summed E-state index contributed by atoms with van der Waals surface area (Å²) >= 11 is 0. The van der Waals surface area contributed by atoms with E-state index in [2.05, 4.69) is 10.0 Å². The Balaban J connectivity index is 2.76. The highest BCUT2D eigenvalue weighted by molar-refractivity contribution is 7.92. The molecule has 0 radical (unpaired) electrons. The van der Waals surface area contributed by atoms with Crippen LogP contribution in [0, 0.1) is 0 Å². The Morgan fingerprint density at radius 2 is 1.89 bits per heavy atom. The molecule has 0 bridgehead atoms. The van der Waals surface area contributed by atoms with Crippen molar-refractivity contribution in [1.29, 1.82) is 0 Å². The first-order valence-corrected chi connectivity index (χ1v) is 7.04. The molecule has 0 aromatic heterocycles. The third kappa shape index (κ3) is 5.87. The number of carbonyl (C=O) groups excluding carboxylic acids is 1. The predicted octanol–water partition coefficient (Wildman–Crippen LogP) is 0.861. The minimum Gasteiger partial charge on any atom is -0.481 e. The summed E-state index contributed by atoms with van der Waals surface area (Å²) < 4.78 is 25.4. The number of carboxylic acids is 1. The van der Waals surface area contributed by atoms with Crippen molar-refractivity contribution in [1.82, 2.24) is 0 Å². The molecule has 1 aromatic carbocycles. The van der Waals surface area contributed by atoms with E-state index in [9.17, 15) is 18.0 Å². The van der Waals surface area contributed by atoms with Gasteiger partial charge in [0.25, 0.3) is 0 Å². The zero-order valence-electron chi connectivity index (χ0n) is 10.2. The Morgan fingerprint density at radius 3 is 2.47 bits per heavy atom. The fraction of sp³-hybridized carbons (Fsp3) is 0.273. The van der Waals surface area contributed by atoms with Crippen LogP contribution in [0.25, 0.3) is 0 Å². The molecule has 3 N–H and O–H groups in total. The number of carboxylic acid groups (broad SMARTS) is 1. The van der Waals surface area contributed by atoms with E-state index in [0.29, 0.717) is 5.69 Å². The van der Waals surface area contributed by atoms with E-state index < -0.39 is 28.2 Å². The number of sulfonamides is 1. The molecule has 7 nitrogen and oxygen atoms in total. The molecule has 0 atom stereocenters. The fourth-order valence-corrected chi connectivity index (χ4v) is 2.35. The standard InChI is InChI=1S/C11H14N2O5S/c1-8(14)12-9-3-2-4-10(7-9)13-19(17,18)6-5-11(15)16/h2-4,7,13H,5-6H2,1H3,(H,12,14)(H,15,16). The summed E-state index contributed by atoms with van der Waals surface area (Å²) in [6.07, 6.45) is -0.472. The molecule has 0 spiro atoms. The van der Waals surface area contributed by atoms with Crippen molar-refractivity contribution in [3.8, 4) is 0 Å². The lowest BCUT2D eigenvalue weighted by atomic mass is 10.3. The van der Waals surface area contributed by atoms with Gasteiger partial charge in [-0.1, -0.05) is 6.07 Å². The van der Waals surface area contributed by atoms with Gasteiger partial charge < -0.3 is 10.4 Å². The quantitative estimate of drug-likeness (QED) is 0.718. The third-order valence-electron chi connectivity index (χ3n) is 2.04. The molecule has 0 saturated carbocycles. The van der Waals surface area contributed by atoms with E-state index in [0.717, 1.165) is 0 Å². The lowest BCUT2D eigenvalue weighted by Gasteiger charge is -2.09. The molecule has 0 heterocycles. The van der Waals surface area contributed by atoms with Crippen molar-refractivity contribution in [2.45, 2.75) is 13.3 Å². The summed E-state index contributed by atoms with van der Waals surface area (Å²) in [5, 5.41) is 11.0. The maximum atomic E-state index is 11.6. The number of amides is 1. The largest absolute Gasteiger partial charge is 0.481 e. The number of rotatable bonds is 6. The summed E-state index contributed by atoms with van der Waals surface area (Å²) in [6, 6.07) is 6.13. The zero-order chi connectivity index (χ0) is 14.5. The summed E-state index contributed by atoms with van der Waals surface area (Å²) in [5.41, 5.74) is 0.711. The average molecular weight is 286 g/mol. The second-order valence-electron chi connectivity index (χ2n) is 3.83. The highest BCUT2D eigenvalue weighted by Gasteiger charge is 2.13. The lowest BCUT2D eigenvalue weighted by Crippen LogP contribution is -2.19. The molecule has 1 aromatic rings. The molecule has 19 heavy (non-hydrogen) atoms. The van der Waals surface area contributed by atoms with Gasteiger partial charge in [0.05, 0.1) is 17.9 Å². The molecule has 0 saturated heterocycles. The summed E-state index contributed by atoms with van der Waals surface area (Å²) in [5.74, 6) is -1.96. The van der Waals surface area contributed by atoms with Gasteiger partial charge in [-0.05, 0) is 18.2 Å². The van der Waals surface area contributed by atoms with E-state index >= 15 is 0 Å². The van der Waals surface area contributed by atoms with Crippen LogP contribution in [0.15, 0.2) is 24.3 Å². The molecule has 0 unspecified atom stereocenters. The number of hydrogen-bond acceptors (Lipinski definition) is 4. The number of hydrogen-bond donors (Lipinski definition) is 3. The van der Waals surface area contributed by atoms with Gasteiger partial charge >= 0.3 is 5.97 Å². The van der Waals surface area contributed by atoms with Crippen LogP contribution in [0.4, 0.5) is 11.4 Å². The Labute approximate surface area is 110 Å². The van der Waals surface area contributed by atoms with E-state index in [1.807, 2.05) is 0 Å². The monoisotopic (exact) mass is 286 g/mol. The van der Waals surface area contributed by atoms with Crippen molar-refractivity contribution in [2.75, 3.05) is 15.8 Å². The third-order valence-corrected chi connectivity index (χ3v) is 3.33. The van der Waals surface area contributed by atoms with Crippen LogP contribution in [-0.4, -0.2) is 31.2 Å². The maximum absolute atomic E-state index is 11.6. The van der Waals surface area contributed by atoms with Crippen LogP contribution in [0.1, 0.15) is 13.3 Å². The first-order valence-electron chi connectivity index (χ1n) is 5.38. The van der Waals surface area contributed by atoms with Crippen molar-refractivity contribution in [3.63, 3.8) is 0 Å². The SMILES string of the molecule is CC(=O)Nc1cccc(NS(=O)(=O)CCC(=O)O)c1. The summed E-state index contributed by atoms with van der Waals surface area (Å²) in [4.78, 5) is 21.2. The smallest absolute Gasteiger partial charge is 0.304 e. The van der Waals surface area contributed by atoms with Crippen LogP contribution in [0.5, 0.6) is 0 Å². The van der Waals surface area contributed by atoms with Crippen molar-refractivity contribution in [2.24, 2.45) is 0 Å². The van der Waals surface area contributed by atoms with Crippen LogP contribution in [0.2, 0.25) is 0 Å². The molecule has 8 heteroatoms. The highest BCUT2D eigenvalue weighted by Crippen LogP contribution is 2.16. The summed E-state index contributed by atoms with van der Waals surface area (Å²) in [7, 11) is -3.72. The molecule has 1 rings (SSSR count). The van der Waals surface area contributed by atoms with Gasteiger partial charge in [0.15, 0.2) is 0 Å². The van der Waals surface area contributed by atoms with Gasteiger partial charge in [-0.15, -0.1) is 0 Å². The molecule has 104 valence electrons. The number of nitrogens with one attached hydrogen (secondary N) is 2. The Bertz CT molecular complexity index is 583. The van der Waals surface area contributed by atoms with E-state index in [4.69, 9.17) is 5.11 Å². The Hall–Kier alpha value is -2.09. The van der Waals surface area contributed by atoms with Gasteiger partial charge in [-0.25, -0.2) is 8.42 Å². The second kappa shape index (κ2) is 6.19. The first kappa shape index (κ1) is 15.0. The second-order valence-corrected chi connectivity index (χ2v) is 5.67. The number of benzene rings is 1. The molecule has 0 aliphatic carbocycles. The van der Waals surface area contributed by atoms with Gasteiger partial charge in [-0.3, -0.25) is 14.3 Å². The maximum Gasteiger partial charge on any atom is 0.304 e. The van der Waals surface area contributed by atoms with Crippen LogP contribution in [-0.2, 0) is 19.6 Å². The highest BCUT2D eigenvalue weighted by atomic mass is 32.2. The summed E-state index contributed by atoms with van der Waals surface area (Å²) in [6.45, 7) is 1.34. The molecular formula is C11H14N2O5S. The van der Waals surface area contributed by atoms with Crippen molar-refractivity contribution < 1.29 is 23.1 Å². The predicted molar refractivity (Wildman–Crippen MR) is 70.4 cm³/mol. The van der Waals surface area contributed by atoms with Crippen molar-refractivity contribution in [3.05, 3.63) is 24.3 Å². The number of aliphatic carboxylic acids is 1. The molecule has 0 aliphatic rings. The van der Waals surface area contributed by atoms with Crippen molar-refractivity contribution >= 4 is 33.3 Å². The van der Waals surface area contributed by atoms with Crippen LogP contribution >= 0.6 is 0 Å². The molecular weight excluding hydrogens is 272 g/mol. The van der Waals surface area contributed by atoms with Gasteiger partial charge in [0.2, 0.25) is 15.9 Å². The number of anilines is 2. The minimum absolute atomic E-state index is 0.261. The van der Waals surface area contributed by atoms with E-state index in [-0.39, 0.29) is 11.6 Å². The van der Waals surface area contributed by atoms with E-state index in [1.165, 1.54) is 19.1 Å². The van der Waals surface area contributed by atoms with Gasteiger partial charge in [0.1, 0.15) is 0 Å². The Morgan fingerprint density at radius 1 is 1.26 bits per heavy atom. The molecule has 0 fully saturated rings. The Kier molecular flexibility index (Phi) is 4.87. The lowest BCUT2D eigenvalue weighted by molar-refractivity contribution is -0.136. The first-order chi connectivity index (χ1) is 8.78. The average Bonchev–Trinajstić information content (AvgIpc) is 2.25.